The molecule has 162 valence electrons. The fourth-order valence-corrected chi connectivity index (χ4v) is 4.15. The predicted octanol–water partition coefficient (Wildman–Crippen LogP) is 4.66. The molecule has 0 atom stereocenters. The maximum Gasteiger partial charge on any atom is 0.268 e. The van der Waals surface area contributed by atoms with E-state index in [0.717, 1.165) is 56.9 Å². The molecule has 1 amide bonds. The Balaban J connectivity index is 1.43. The topological polar surface area (TPSA) is 88.7 Å². The van der Waals surface area contributed by atoms with E-state index in [2.05, 4.69) is 46.9 Å². The molecular formula is C25H25N5O2. The van der Waals surface area contributed by atoms with Gasteiger partial charge in [0.2, 0.25) is 0 Å². The Hall–Kier alpha value is -3.87. The highest BCUT2D eigenvalue weighted by molar-refractivity contribution is 5.98. The van der Waals surface area contributed by atoms with Gasteiger partial charge in [-0.1, -0.05) is 13.0 Å². The van der Waals surface area contributed by atoms with Crippen LogP contribution in [0.2, 0.25) is 0 Å². The van der Waals surface area contributed by atoms with Crippen LogP contribution in [0.15, 0.2) is 53.1 Å². The number of pyridine rings is 1. The van der Waals surface area contributed by atoms with E-state index in [1.54, 1.807) is 12.3 Å². The van der Waals surface area contributed by atoms with E-state index in [0.29, 0.717) is 18.8 Å². The van der Waals surface area contributed by atoms with Gasteiger partial charge in [0.25, 0.3) is 5.91 Å². The molecule has 7 heteroatoms. The number of nitrogens with zero attached hydrogens (tertiary/aromatic N) is 3. The molecule has 0 spiro atoms. The zero-order valence-electron chi connectivity index (χ0n) is 18.4. The van der Waals surface area contributed by atoms with Crippen LogP contribution in [0.25, 0.3) is 22.1 Å². The lowest BCUT2D eigenvalue weighted by Gasteiger charge is -2.09. The number of fused-ring (bicyclic) bond motifs is 2. The van der Waals surface area contributed by atoms with Gasteiger partial charge in [-0.25, -0.2) is 9.97 Å². The quantitative estimate of drug-likeness (QED) is 0.412. The third-order valence-electron chi connectivity index (χ3n) is 5.69. The molecule has 0 saturated carbocycles. The first kappa shape index (κ1) is 20.1. The number of imidazole rings is 1. The second kappa shape index (κ2) is 8.00. The van der Waals surface area contributed by atoms with Crippen LogP contribution in [0, 0.1) is 13.8 Å². The van der Waals surface area contributed by atoms with Gasteiger partial charge in [-0.05, 0) is 61.4 Å². The third kappa shape index (κ3) is 3.66. The fourth-order valence-electron chi connectivity index (χ4n) is 4.15. The molecule has 0 fully saturated rings. The maximum atomic E-state index is 12.5. The minimum Gasteiger partial charge on any atom is -0.467 e. The van der Waals surface area contributed by atoms with E-state index in [9.17, 15) is 4.79 Å². The summed E-state index contributed by atoms with van der Waals surface area (Å²) in [6, 6.07) is 13.8. The number of carbonyl (C=O) groups excluding carboxylic acids is 1. The summed E-state index contributed by atoms with van der Waals surface area (Å²) in [6.45, 7) is 7.24. The minimum absolute atomic E-state index is 0.164. The van der Waals surface area contributed by atoms with Crippen LogP contribution in [-0.4, -0.2) is 25.4 Å². The first-order chi connectivity index (χ1) is 15.5. The smallest absolute Gasteiger partial charge is 0.268 e. The molecule has 32 heavy (non-hydrogen) atoms. The molecule has 4 aromatic heterocycles. The summed E-state index contributed by atoms with van der Waals surface area (Å²) >= 11 is 0. The van der Waals surface area contributed by atoms with Gasteiger partial charge in [-0.2, -0.15) is 0 Å². The van der Waals surface area contributed by atoms with Crippen LogP contribution in [0.4, 0.5) is 0 Å². The first-order valence-electron chi connectivity index (χ1n) is 10.8. The lowest BCUT2D eigenvalue weighted by Crippen LogP contribution is -2.22. The Kier molecular flexibility index (Phi) is 5.01. The summed E-state index contributed by atoms with van der Waals surface area (Å²) in [7, 11) is 0. The van der Waals surface area contributed by atoms with Crippen molar-refractivity contribution in [3.63, 3.8) is 0 Å². The number of hydrogen-bond donors (Lipinski definition) is 2. The van der Waals surface area contributed by atoms with Gasteiger partial charge in [-0.15, -0.1) is 0 Å². The molecule has 0 aliphatic carbocycles. The Labute approximate surface area is 185 Å². The number of rotatable bonds is 6. The lowest BCUT2D eigenvalue weighted by atomic mass is 10.1. The van der Waals surface area contributed by atoms with Crippen molar-refractivity contribution in [3.8, 4) is 0 Å². The SMILES string of the molecule is CCc1nc2c(C)cc(C)nc2n1Cc1ccc2[nH]c(C(=O)NCc3ccco3)cc2c1. The number of aromatic nitrogens is 4. The average Bonchev–Trinajstić information content (AvgIpc) is 3.51. The van der Waals surface area contributed by atoms with E-state index in [1.165, 1.54) is 0 Å². The molecule has 0 radical (unpaired) electrons. The molecule has 0 aliphatic rings. The normalized spacial score (nSPS) is 11.5. The van der Waals surface area contributed by atoms with Crippen molar-refractivity contribution >= 4 is 28.0 Å². The Morgan fingerprint density at radius 3 is 2.81 bits per heavy atom. The molecule has 0 saturated heterocycles. The number of nitrogens with one attached hydrogen (secondary N) is 2. The van der Waals surface area contributed by atoms with Crippen LogP contribution in [-0.2, 0) is 19.5 Å². The monoisotopic (exact) mass is 427 g/mol. The first-order valence-corrected chi connectivity index (χ1v) is 10.8. The molecule has 4 heterocycles. The highest BCUT2D eigenvalue weighted by atomic mass is 16.3. The highest BCUT2D eigenvalue weighted by Gasteiger charge is 2.15. The molecule has 2 N–H and O–H groups in total. The van der Waals surface area contributed by atoms with Gasteiger partial charge in [0.1, 0.15) is 22.8 Å². The number of furan rings is 1. The molecule has 5 aromatic rings. The number of aromatic amines is 1. The van der Waals surface area contributed by atoms with Crippen molar-refractivity contribution in [2.45, 2.75) is 40.3 Å². The summed E-state index contributed by atoms with van der Waals surface area (Å²) in [6.07, 6.45) is 2.43. The Bertz CT molecular complexity index is 1430. The lowest BCUT2D eigenvalue weighted by molar-refractivity contribution is 0.0944. The largest absolute Gasteiger partial charge is 0.467 e. The highest BCUT2D eigenvalue weighted by Crippen LogP contribution is 2.23. The van der Waals surface area contributed by atoms with Gasteiger partial charge in [-0.3, -0.25) is 4.79 Å². The minimum atomic E-state index is -0.164. The molecule has 5 rings (SSSR count). The second-order valence-electron chi connectivity index (χ2n) is 8.09. The molecule has 1 aromatic carbocycles. The van der Waals surface area contributed by atoms with Gasteiger partial charge in [0.05, 0.1) is 19.4 Å². The van der Waals surface area contributed by atoms with Crippen molar-refractivity contribution in [1.82, 2.24) is 24.8 Å². The summed E-state index contributed by atoms with van der Waals surface area (Å²) in [4.78, 5) is 25.3. The van der Waals surface area contributed by atoms with Crippen LogP contribution in [0.1, 0.15) is 45.8 Å². The zero-order valence-corrected chi connectivity index (χ0v) is 18.4. The summed E-state index contributed by atoms with van der Waals surface area (Å²) < 4.78 is 7.47. The van der Waals surface area contributed by atoms with Crippen LogP contribution in [0.5, 0.6) is 0 Å². The van der Waals surface area contributed by atoms with Gasteiger partial charge < -0.3 is 19.3 Å². The van der Waals surface area contributed by atoms with Crippen molar-refractivity contribution < 1.29 is 9.21 Å². The molecular weight excluding hydrogens is 402 g/mol. The fraction of sp³-hybridized carbons (Fsp3) is 0.240. The number of hydrogen-bond acceptors (Lipinski definition) is 4. The summed E-state index contributed by atoms with van der Waals surface area (Å²) in [5, 5.41) is 3.87. The molecule has 0 bridgehead atoms. The van der Waals surface area contributed by atoms with Crippen molar-refractivity contribution in [1.29, 1.82) is 0 Å². The maximum absolute atomic E-state index is 12.5. The summed E-state index contributed by atoms with van der Waals surface area (Å²) in [5.74, 6) is 1.58. The third-order valence-corrected chi connectivity index (χ3v) is 5.69. The van der Waals surface area contributed by atoms with E-state index in [-0.39, 0.29) is 5.91 Å². The average molecular weight is 428 g/mol. The predicted molar refractivity (Wildman–Crippen MR) is 124 cm³/mol. The van der Waals surface area contributed by atoms with Gasteiger partial charge in [0.15, 0.2) is 5.65 Å². The van der Waals surface area contributed by atoms with Crippen LogP contribution >= 0.6 is 0 Å². The van der Waals surface area contributed by atoms with Gasteiger partial charge >= 0.3 is 0 Å². The molecule has 0 aliphatic heterocycles. The second-order valence-corrected chi connectivity index (χ2v) is 8.09. The van der Waals surface area contributed by atoms with Crippen LogP contribution in [0.3, 0.4) is 0 Å². The molecule has 7 nitrogen and oxygen atoms in total. The van der Waals surface area contributed by atoms with E-state index in [1.807, 2.05) is 25.1 Å². The van der Waals surface area contributed by atoms with Crippen molar-refractivity contribution in [2.75, 3.05) is 0 Å². The number of amides is 1. The Morgan fingerprint density at radius 1 is 1.16 bits per heavy atom. The number of carbonyl (C=O) groups is 1. The van der Waals surface area contributed by atoms with E-state index < -0.39 is 0 Å². The summed E-state index contributed by atoms with van der Waals surface area (Å²) in [5.41, 5.74) is 6.61. The number of aryl methyl sites for hydroxylation is 3. The van der Waals surface area contributed by atoms with Gasteiger partial charge in [0, 0.05) is 23.0 Å². The zero-order chi connectivity index (χ0) is 22.2. The van der Waals surface area contributed by atoms with Crippen molar-refractivity contribution in [3.05, 3.63) is 82.8 Å². The van der Waals surface area contributed by atoms with E-state index in [4.69, 9.17) is 14.4 Å². The number of benzene rings is 1. The van der Waals surface area contributed by atoms with Crippen molar-refractivity contribution in [2.24, 2.45) is 0 Å². The molecule has 0 unspecified atom stereocenters. The van der Waals surface area contributed by atoms with E-state index >= 15 is 0 Å². The Morgan fingerprint density at radius 2 is 2.03 bits per heavy atom. The van der Waals surface area contributed by atoms with Crippen LogP contribution < -0.4 is 5.32 Å². The number of H-pyrrole nitrogens is 1. The standard InChI is InChI=1S/C25H25N5O2/c1-4-22-29-23-15(2)10-16(3)27-24(23)30(22)14-17-7-8-20-18(11-17)12-21(28-20)25(31)26-13-19-6-5-9-32-19/h5-12,28H,4,13-14H2,1-3H3,(H,26,31).